The van der Waals surface area contributed by atoms with Gasteiger partial charge in [0.15, 0.2) is 0 Å². The number of ether oxygens (including phenoxy) is 2. The number of alkyl halides is 1. The minimum Gasteiger partial charge on any atom is -0.461 e. The highest BCUT2D eigenvalue weighted by Crippen LogP contribution is 2.46. The lowest BCUT2D eigenvalue weighted by molar-refractivity contribution is -0.153. The zero-order chi connectivity index (χ0) is 19.0. The van der Waals surface area contributed by atoms with Crippen LogP contribution in [-0.4, -0.2) is 23.9 Å². The van der Waals surface area contributed by atoms with Crippen LogP contribution in [0.2, 0.25) is 0 Å². The van der Waals surface area contributed by atoms with Gasteiger partial charge in [0.05, 0.1) is 11.8 Å². The SMILES string of the molecule is C=C1[C@H](CC(=O)OCc2ccccc2)OC(=O)C1(CC)CCCCCCl. The number of halogens is 1. The van der Waals surface area contributed by atoms with Gasteiger partial charge in [0.1, 0.15) is 12.7 Å². The van der Waals surface area contributed by atoms with Crippen molar-refractivity contribution in [3.8, 4) is 0 Å². The molecule has 1 aliphatic rings. The maximum atomic E-state index is 12.5. The molecule has 1 aromatic rings. The number of esters is 2. The molecular weight excluding hydrogens is 352 g/mol. The molecule has 1 heterocycles. The second-order valence-electron chi connectivity index (χ2n) is 6.70. The number of carbonyl (C=O) groups is 2. The molecule has 0 aliphatic carbocycles. The van der Waals surface area contributed by atoms with Gasteiger partial charge in [-0.05, 0) is 30.4 Å². The van der Waals surface area contributed by atoms with Crippen LogP contribution in [0.5, 0.6) is 0 Å². The summed E-state index contributed by atoms with van der Waals surface area (Å²) in [5, 5.41) is 0. The summed E-state index contributed by atoms with van der Waals surface area (Å²) in [5.41, 5.74) is 0.939. The van der Waals surface area contributed by atoms with E-state index in [4.69, 9.17) is 21.1 Å². The van der Waals surface area contributed by atoms with Gasteiger partial charge in [0.25, 0.3) is 0 Å². The molecule has 5 heteroatoms. The van der Waals surface area contributed by atoms with Crippen LogP contribution in [0.15, 0.2) is 42.5 Å². The molecule has 4 nitrogen and oxygen atoms in total. The summed E-state index contributed by atoms with van der Waals surface area (Å²) in [6.07, 6.45) is 3.52. The van der Waals surface area contributed by atoms with Crippen LogP contribution in [0.25, 0.3) is 0 Å². The van der Waals surface area contributed by atoms with Crippen LogP contribution in [-0.2, 0) is 25.7 Å². The van der Waals surface area contributed by atoms with Gasteiger partial charge in [0.2, 0.25) is 0 Å². The Kier molecular flexibility index (Phi) is 7.70. The van der Waals surface area contributed by atoms with E-state index in [1.165, 1.54) is 0 Å². The van der Waals surface area contributed by atoms with E-state index in [1.807, 2.05) is 37.3 Å². The van der Waals surface area contributed by atoms with Gasteiger partial charge in [-0.1, -0.05) is 56.7 Å². The Morgan fingerprint density at radius 3 is 2.65 bits per heavy atom. The Labute approximate surface area is 160 Å². The molecule has 0 radical (unpaired) electrons. The van der Waals surface area contributed by atoms with Crippen molar-refractivity contribution < 1.29 is 19.1 Å². The summed E-state index contributed by atoms with van der Waals surface area (Å²) in [7, 11) is 0. The quantitative estimate of drug-likeness (QED) is 0.254. The van der Waals surface area contributed by atoms with E-state index in [-0.39, 0.29) is 25.0 Å². The molecule has 2 atom stereocenters. The number of rotatable bonds is 10. The lowest BCUT2D eigenvalue weighted by Crippen LogP contribution is -2.27. The fourth-order valence-electron chi connectivity index (χ4n) is 3.37. The van der Waals surface area contributed by atoms with E-state index in [9.17, 15) is 9.59 Å². The molecular formula is C21H27ClO4. The summed E-state index contributed by atoms with van der Waals surface area (Å²) in [4.78, 5) is 24.7. The van der Waals surface area contributed by atoms with Crippen molar-refractivity contribution in [1.82, 2.24) is 0 Å². The predicted molar refractivity (Wildman–Crippen MR) is 102 cm³/mol. The first-order chi connectivity index (χ1) is 12.5. The summed E-state index contributed by atoms with van der Waals surface area (Å²) in [6, 6.07) is 9.48. The third-order valence-corrected chi connectivity index (χ3v) is 5.35. The average Bonchev–Trinajstić information content (AvgIpc) is 2.88. The highest BCUT2D eigenvalue weighted by atomic mass is 35.5. The fourth-order valence-corrected chi connectivity index (χ4v) is 3.56. The smallest absolute Gasteiger partial charge is 0.316 e. The second-order valence-corrected chi connectivity index (χ2v) is 7.08. The third-order valence-electron chi connectivity index (χ3n) is 5.08. The zero-order valence-corrected chi connectivity index (χ0v) is 16.1. The van der Waals surface area contributed by atoms with Gasteiger partial charge < -0.3 is 9.47 Å². The molecule has 0 spiro atoms. The van der Waals surface area contributed by atoms with E-state index in [0.29, 0.717) is 24.3 Å². The standard InChI is InChI=1S/C21H27ClO4/c1-3-21(12-8-5-9-13-22)16(2)18(26-20(21)24)14-19(23)25-15-17-10-6-4-7-11-17/h4,6-7,10-11,18H,2-3,5,8-9,12-15H2,1H3/t18-,21?/m0/s1. The van der Waals surface area contributed by atoms with E-state index in [1.54, 1.807) is 0 Å². The van der Waals surface area contributed by atoms with Gasteiger partial charge in [-0.3, -0.25) is 9.59 Å². The van der Waals surface area contributed by atoms with Crippen LogP contribution in [0.4, 0.5) is 0 Å². The van der Waals surface area contributed by atoms with Crippen LogP contribution in [0.3, 0.4) is 0 Å². The number of carbonyl (C=O) groups excluding carboxylic acids is 2. The topological polar surface area (TPSA) is 52.6 Å². The van der Waals surface area contributed by atoms with Crippen molar-refractivity contribution in [1.29, 1.82) is 0 Å². The van der Waals surface area contributed by atoms with Crippen molar-refractivity contribution in [3.05, 3.63) is 48.0 Å². The lowest BCUT2D eigenvalue weighted by Gasteiger charge is -2.25. The van der Waals surface area contributed by atoms with Gasteiger partial charge in [-0.15, -0.1) is 11.6 Å². The molecule has 1 saturated heterocycles. The molecule has 0 aromatic heterocycles. The van der Waals surface area contributed by atoms with Crippen molar-refractivity contribution >= 4 is 23.5 Å². The Morgan fingerprint density at radius 1 is 1.27 bits per heavy atom. The summed E-state index contributed by atoms with van der Waals surface area (Å²) < 4.78 is 10.8. The Hall–Kier alpha value is -1.81. The molecule has 1 fully saturated rings. The first-order valence-electron chi connectivity index (χ1n) is 9.19. The zero-order valence-electron chi connectivity index (χ0n) is 15.3. The van der Waals surface area contributed by atoms with Gasteiger partial charge in [-0.2, -0.15) is 0 Å². The number of benzene rings is 1. The van der Waals surface area contributed by atoms with E-state index >= 15 is 0 Å². The van der Waals surface area contributed by atoms with Crippen molar-refractivity contribution in [2.75, 3.05) is 5.88 Å². The van der Waals surface area contributed by atoms with Crippen LogP contribution in [0, 0.1) is 5.41 Å². The van der Waals surface area contributed by atoms with Crippen molar-refractivity contribution in [2.24, 2.45) is 5.41 Å². The Bertz CT molecular complexity index is 628. The molecule has 26 heavy (non-hydrogen) atoms. The molecule has 1 aliphatic heterocycles. The minimum absolute atomic E-state index is 0.0147. The van der Waals surface area contributed by atoms with Gasteiger partial charge >= 0.3 is 11.9 Å². The highest BCUT2D eigenvalue weighted by molar-refractivity contribution is 6.17. The number of hydrogen-bond acceptors (Lipinski definition) is 4. The lowest BCUT2D eigenvalue weighted by atomic mass is 9.74. The minimum atomic E-state index is -0.684. The Balaban J connectivity index is 1.90. The van der Waals surface area contributed by atoms with Gasteiger partial charge in [0, 0.05) is 5.88 Å². The first-order valence-corrected chi connectivity index (χ1v) is 9.73. The first kappa shape index (κ1) is 20.5. The molecule has 0 N–H and O–H groups in total. The van der Waals surface area contributed by atoms with Crippen LogP contribution < -0.4 is 0 Å². The van der Waals surface area contributed by atoms with Gasteiger partial charge in [-0.25, -0.2) is 0 Å². The summed E-state index contributed by atoms with van der Waals surface area (Å²) in [5.74, 6) is -0.0287. The molecule has 1 aromatic carbocycles. The van der Waals surface area contributed by atoms with Crippen molar-refractivity contribution in [3.63, 3.8) is 0 Å². The summed E-state index contributed by atoms with van der Waals surface area (Å²) >= 11 is 5.72. The second kappa shape index (κ2) is 9.77. The molecule has 2 rings (SSSR count). The third kappa shape index (κ3) is 4.88. The van der Waals surface area contributed by atoms with E-state index in [0.717, 1.165) is 24.8 Å². The normalized spacial score (nSPS) is 22.3. The van der Waals surface area contributed by atoms with Crippen LogP contribution in [0.1, 0.15) is 51.0 Å². The van der Waals surface area contributed by atoms with E-state index in [2.05, 4.69) is 6.58 Å². The number of hydrogen-bond donors (Lipinski definition) is 0. The number of cyclic esters (lactones) is 1. The molecule has 0 bridgehead atoms. The molecule has 142 valence electrons. The predicted octanol–water partition coefficient (Wildman–Crippen LogP) is 4.80. The maximum absolute atomic E-state index is 12.5. The fraction of sp³-hybridized carbons (Fsp3) is 0.524. The van der Waals surface area contributed by atoms with E-state index < -0.39 is 11.5 Å². The molecule has 0 amide bonds. The van der Waals surface area contributed by atoms with Crippen LogP contribution >= 0.6 is 11.6 Å². The summed E-state index contributed by atoms with van der Waals surface area (Å²) in [6.45, 7) is 6.28. The maximum Gasteiger partial charge on any atom is 0.316 e. The molecule has 1 unspecified atom stereocenters. The van der Waals surface area contributed by atoms with Crippen molar-refractivity contribution in [2.45, 2.75) is 58.2 Å². The largest absolute Gasteiger partial charge is 0.461 e. The molecule has 0 saturated carbocycles. The monoisotopic (exact) mass is 378 g/mol. The average molecular weight is 379 g/mol. The Morgan fingerprint density at radius 2 is 2.00 bits per heavy atom. The number of unbranched alkanes of at least 4 members (excludes halogenated alkanes) is 2. The highest BCUT2D eigenvalue weighted by Gasteiger charge is 2.51.